The van der Waals surface area contributed by atoms with Crippen molar-refractivity contribution < 1.29 is 13.9 Å². The van der Waals surface area contributed by atoms with Gasteiger partial charge in [0, 0.05) is 20.3 Å². The van der Waals surface area contributed by atoms with Gasteiger partial charge in [-0.25, -0.2) is 14.4 Å². The lowest BCUT2D eigenvalue weighted by molar-refractivity contribution is -0.123. The van der Waals surface area contributed by atoms with Crippen molar-refractivity contribution in [2.24, 2.45) is 0 Å². The van der Waals surface area contributed by atoms with Gasteiger partial charge in [-0.15, -0.1) is 0 Å². The molecule has 0 aliphatic carbocycles. The van der Waals surface area contributed by atoms with Crippen LogP contribution < -0.4 is 15.0 Å². The van der Waals surface area contributed by atoms with Crippen LogP contribution in [-0.4, -0.2) is 36.6 Å². The van der Waals surface area contributed by atoms with E-state index >= 15 is 0 Å². The van der Waals surface area contributed by atoms with Crippen LogP contribution in [0.4, 0.5) is 10.2 Å². The number of hydrogen-bond acceptors (Lipinski definition) is 5. The number of aromatic nitrogens is 2. The average Bonchev–Trinajstić information content (AvgIpc) is 2.52. The topological polar surface area (TPSA) is 67.4 Å². The molecule has 0 atom stereocenters. The third-order valence-corrected chi connectivity index (χ3v) is 2.79. The van der Waals surface area contributed by atoms with Gasteiger partial charge in [0.15, 0.2) is 18.2 Å². The molecule has 0 fully saturated rings. The number of carbonyl (C=O) groups excluding carboxylic acids is 1. The zero-order valence-corrected chi connectivity index (χ0v) is 12.4. The SMILES string of the molecule is CN(C)c1ccnc(CNC(=O)COc2ccccc2F)n1. The number of para-hydroxylation sites is 1. The number of amides is 1. The average molecular weight is 304 g/mol. The zero-order chi connectivity index (χ0) is 15.9. The van der Waals surface area contributed by atoms with Crippen LogP contribution >= 0.6 is 0 Å². The Morgan fingerprint density at radius 3 is 2.82 bits per heavy atom. The van der Waals surface area contributed by atoms with Crippen molar-refractivity contribution in [3.8, 4) is 5.75 Å². The Morgan fingerprint density at radius 2 is 2.09 bits per heavy atom. The number of benzene rings is 1. The Kier molecular flexibility index (Phi) is 5.24. The van der Waals surface area contributed by atoms with Crippen LogP contribution in [0.25, 0.3) is 0 Å². The lowest BCUT2D eigenvalue weighted by atomic mass is 10.3. The summed E-state index contributed by atoms with van der Waals surface area (Å²) in [5, 5.41) is 2.62. The van der Waals surface area contributed by atoms with E-state index in [2.05, 4.69) is 15.3 Å². The summed E-state index contributed by atoms with van der Waals surface area (Å²) in [7, 11) is 3.74. The van der Waals surface area contributed by atoms with Crippen molar-refractivity contribution >= 4 is 11.7 Å². The number of halogens is 1. The highest BCUT2D eigenvalue weighted by molar-refractivity contribution is 5.77. The third kappa shape index (κ3) is 4.41. The van der Waals surface area contributed by atoms with Gasteiger partial charge < -0.3 is 15.0 Å². The van der Waals surface area contributed by atoms with E-state index in [1.807, 2.05) is 19.0 Å². The van der Waals surface area contributed by atoms with Crippen LogP contribution in [0.15, 0.2) is 36.5 Å². The van der Waals surface area contributed by atoms with Crippen molar-refractivity contribution in [3.63, 3.8) is 0 Å². The summed E-state index contributed by atoms with van der Waals surface area (Å²) in [5.41, 5.74) is 0. The van der Waals surface area contributed by atoms with E-state index in [0.717, 1.165) is 5.82 Å². The smallest absolute Gasteiger partial charge is 0.258 e. The maximum atomic E-state index is 13.3. The van der Waals surface area contributed by atoms with Crippen molar-refractivity contribution in [3.05, 3.63) is 48.2 Å². The molecule has 1 heterocycles. The van der Waals surface area contributed by atoms with Crippen LogP contribution in [0.3, 0.4) is 0 Å². The van der Waals surface area contributed by atoms with E-state index in [1.165, 1.54) is 12.1 Å². The van der Waals surface area contributed by atoms with Crippen LogP contribution in [0.1, 0.15) is 5.82 Å². The highest BCUT2D eigenvalue weighted by Crippen LogP contribution is 2.14. The van der Waals surface area contributed by atoms with Crippen molar-refractivity contribution in [2.45, 2.75) is 6.54 Å². The van der Waals surface area contributed by atoms with Crippen LogP contribution in [-0.2, 0) is 11.3 Å². The van der Waals surface area contributed by atoms with Crippen LogP contribution in [0.5, 0.6) is 5.75 Å². The van der Waals surface area contributed by atoms with Gasteiger partial charge in [-0.3, -0.25) is 4.79 Å². The minimum absolute atomic E-state index is 0.0449. The van der Waals surface area contributed by atoms with Gasteiger partial charge >= 0.3 is 0 Å². The number of carbonyl (C=O) groups is 1. The Hall–Kier alpha value is -2.70. The molecular weight excluding hydrogens is 287 g/mol. The van der Waals surface area contributed by atoms with E-state index in [1.54, 1.807) is 24.4 Å². The summed E-state index contributed by atoms with van der Waals surface area (Å²) in [6.07, 6.45) is 1.62. The fraction of sp³-hybridized carbons (Fsp3) is 0.267. The number of anilines is 1. The molecule has 2 aromatic rings. The van der Waals surface area contributed by atoms with Gasteiger partial charge in [-0.2, -0.15) is 0 Å². The van der Waals surface area contributed by atoms with Crippen molar-refractivity contribution in [1.29, 1.82) is 0 Å². The maximum Gasteiger partial charge on any atom is 0.258 e. The number of nitrogens with zero attached hydrogens (tertiary/aromatic N) is 3. The Morgan fingerprint density at radius 1 is 1.32 bits per heavy atom. The molecule has 0 spiro atoms. The zero-order valence-electron chi connectivity index (χ0n) is 12.4. The second-order valence-electron chi connectivity index (χ2n) is 4.72. The summed E-state index contributed by atoms with van der Waals surface area (Å²) in [5.74, 6) is 0.412. The molecule has 6 nitrogen and oxygen atoms in total. The van der Waals surface area contributed by atoms with E-state index < -0.39 is 5.82 Å². The normalized spacial score (nSPS) is 10.1. The molecule has 0 bridgehead atoms. The molecule has 0 unspecified atom stereocenters. The molecule has 0 saturated carbocycles. The van der Waals surface area contributed by atoms with E-state index in [4.69, 9.17) is 4.74 Å². The Labute approximate surface area is 128 Å². The van der Waals surface area contributed by atoms with Gasteiger partial charge in [0.1, 0.15) is 11.6 Å². The first kappa shape index (κ1) is 15.7. The van der Waals surface area contributed by atoms with Crippen LogP contribution in [0.2, 0.25) is 0 Å². The molecule has 1 aromatic carbocycles. The molecule has 22 heavy (non-hydrogen) atoms. The fourth-order valence-electron chi connectivity index (χ4n) is 1.66. The first-order valence-corrected chi connectivity index (χ1v) is 6.69. The number of ether oxygens (including phenoxy) is 1. The molecular formula is C15H17FN4O2. The largest absolute Gasteiger partial charge is 0.481 e. The molecule has 0 radical (unpaired) electrons. The van der Waals surface area contributed by atoms with E-state index in [9.17, 15) is 9.18 Å². The minimum Gasteiger partial charge on any atom is -0.481 e. The predicted octanol–water partition coefficient (Wildman–Crippen LogP) is 1.38. The fourth-order valence-corrected chi connectivity index (χ4v) is 1.66. The van der Waals surface area contributed by atoms with Gasteiger partial charge in [0.25, 0.3) is 5.91 Å². The van der Waals surface area contributed by atoms with Gasteiger partial charge in [0.2, 0.25) is 0 Å². The minimum atomic E-state index is -0.502. The summed E-state index contributed by atoms with van der Waals surface area (Å²) in [6.45, 7) is -0.0878. The molecule has 116 valence electrons. The molecule has 1 aromatic heterocycles. The summed E-state index contributed by atoms with van der Waals surface area (Å²) >= 11 is 0. The van der Waals surface area contributed by atoms with Gasteiger partial charge in [-0.05, 0) is 18.2 Å². The number of hydrogen-bond donors (Lipinski definition) is 1. The quantitative estimate of drug-likeness (QED) is 0.873. The number of rotatable bonds is 6. The second-order valence-corrected chi connectivity index (χ2v) is 4.72. The van der Waals surface area contributed by atoms with Crippen LogP contribution in [0, 0.1) is 5.82 Å². The standard InChI is InChI=1S/C15H17FN4O2/c1-20(2)14-7-8-17-13(19-14)9-18-15(21)10-22-12-6-4-3-5-11(12)16/h3-8H,9-10H2,1-2H3,(H,18,21). The Bertz CT molecular complexity index is 649. The highest BCUT2D eigenvalue weighted by Gasteiger charge is 2.07. The monoisotopic (exact) mass is 304 g/mol. The molecule has 7 heteroatoms. The maximum absolute atomic E-state index is 13.3. The second kappa shape index (κ2) is 7.35. The van der Waals surface area contributed by atoms with E-state index in [-0.39, 0.29) is 24.8 Å². The third-order valence-electron chi connectivity index (χ3n) is 2.79. The molecule has 0 aliphatic rings. The molecule has 1 amide bonds. The first-order chi connectivity index (χ1) is 10.6. The molecule has 0 aliphatic heterocycles. The van der Waals surface area contributed by atoms with Crippen molar-refractivity contribution in [2.75, 3.05) is 25.6 Å². The molecule has 2 rings (SSSR count). The highest BCUT2D eigenvalue weighted by atomic mass is 19.1. The van der Waals surface area contributed by atoms with E-state index in [0.29, 0.717) is 5.82 Å². The summed E-state index contributed by atoms with van der Waals surface area (Å²) in [4.78, 5) is 21.9. The molecule has 1 N–H and O–H groups in total. The van der Waals surface area contributed by atoms with Gasteiger partial charge in [0.05, 0.1) is 6.54 Å². The van der Waals surface area contributed by atoms with Crippen molar-refractivity contribution in [1.82, 2.24) is 15.3 Å². The summed E-state index contributed by atoms with van der Waals surface area (Å²) < 4.78 is 18.4. The predicted molar refractivity (Wildman–Crippen MR) is 80.1 cm³/mol. The first-order valence-electron chi connectivity index (χ1n) is 6.69. The molecule has 0 saturated heterocycles. The lowest BCUT2D eigenvalue weighted by Gasteiger charge is -2.12. The Balaban J connectivity index is 1.83. The van der Waals surface area contributed by atoms with Gasteiger partial charge in [-0.1, -0.05) is 12.1 Å². The lowest BCUT2D eigenvalue weighted by Crippen LogP contribution is -2.29. The number of nitrogens with one attached hydrogen (secondary N) is 1. The summed E-state index contributed by atoms with van der Waals surface area (Å²) in [6, 6.07) is 7.70.